The Hall–Kier alpha value is -1.57. The van der Waals surface area contributed by atoms with Gasteiger partial charge in [-0.1, -0.05) is 23.9 Å². The molecule has 0 atom stereocenters. The van der Waals surface area contributed by atoms with Crippen molar-refractivity contribution in [1.29, 1.82) is 0 Å². The molecule has 0 N–H and O–H groups in total. The molecule has 0 saturated carbocycles. The lowest BCUT2D eigenvalue weighted by atomic mass is 10.1. The van der Waals surface area contributed by atoms with E-state index in [1.54, 1.807) is 18.3 Å². The first kappa shape index (κ1) is 8.05. The van der Waals surface area contributed by atoms with E-state index in [0.29, 0.717) is 5.52 Å². The summed E-state index contributed by atoms with van der Waals surface area (Å²) in [6.07, 6.45) is 1.75. The van der Waals surface area contributed by atoms with Gasteiger partial charge in [0.2, 0.25) is 0 Å². The third kappa shape index (κ3) is 1.15. The summed E-state index contributed by atoms with van der Waals surface area (Å²) < 4.78 is 0. The highest BCUT2D eigenvalue weighted by molar-refractivity contribution is 5.87. The van der Waals surface area contributed by atoms with Gasteiger partial charge in [0.25, 0.3) is 0 Å². The van der Waals surface area contributed by atoms with Crippen LogP contribution in [0.4, 0.5) is 0 Å². The van der Waals surface area contributed by atoms with Gasteiger partial charge in [0.1, 0.15) is 0 Å². The molecule has 0 spiro atoms. The predicted molar refractivity (Wildman–Crippen MR) is 50.7 cm³/mol. The number of benzene rings is 1. The van der Waals surface area contributed by atoms with Gasteiger partial charge >= 0.3 is 0 Å². The highest BCUT2D eigenvalue weighted by Crippen LogP contribution is 2.23. The molecule has 2 rings (SSSR count). The van der Waals surface area contributed by atoms with E-state index in [-0.39, 0.29) is 5.75 Å². The second-order valence-corrected chi connectivity index (χ2v) is 3.22. The molecule has 0 saturated heterocycles. The molecule has 2 nitrogen and oxygen atoms in total. The SMILES string of the molecule is Cc1cnc2c([O-])cccc2c1C. The fraction of sp³-hybridized carbons (Fsp3) is 0.182. The first-order valence-corrected chi connectivity index (χ1v) is 4.22. The minimum Gasteiger partial charge on any atom is -0.871 e. The van der Waals surface area contributed by atoms with E-state index in [1.165, 1.54) is 0 Å². The van der Waals surface area contributed by atoms with Gasteiger partial charge in [-0.05, 0) is 25.0 Å². The molecular formula is C11H10NO-. The van der Waals surface area contributed by atoms with Crippen molar-refractivity contribution >= 4 is 10.9 Å². The van der Waals surface area contributed by atoms with E-state index < -0.39 is 0 Å². The average Bonchev–Trinajstić information content (AvgIpc) is 2.12. The zero-order valence-electron chi connectivity index (χ0n) is 7.66. The Kier molecular flexibility index (Phi) is 1.69. The fourth-order valence-corrected chi connectivity index (χ4v) is 1.43. The number of hydrogen-bond donors (Lipinski definition) is 0. The number of aryl methyl sites for hydroxylation is 2. The third-order valence-electron chi connectivity index (χ3n) is 2.38. The van der Waals surface area contributed by atoms with Crippen molar-refractivity contribution in [3.63, 3.8) is 0 Å². The Morgan fingerprint density at radius 3 is 2.77 bits per heavy atom. The minimum atomic E-state index is 0.000556. The summed E-state index contributed by atoms with van der Waals surface area (Å²) in [6, 6.07) is 5.26. The zero-order chi connectivity index (χ0) is 9.42. The Morgan fingerprint density at radius 1 is 1.23 bits per heavy atom. The number of rotatable bonds is 0. The van der Waals surface area contributed by atoms with Gasteiger partial charge in [-0.25, -0.2) is 0 Å². The summed E-state index contributed by atoms with van der Waals surface area (Å²) in [7, 11) is 0. The molecule has 0 radical (unpaired) electrons. The molecule has 0 aliphatic heterocycles. The molecule has 0 fully saturated rings. The van der Waals surface area contributed by atoms with Crippen LogP contribution < -0.4 is 5.11 Å². The molecule has 0 aliphatic rings. The first-order valence-electron chi connectivity index (χ1n) is 4.22. The molecule has 0 amide bonds. The zero-order valence-corrected chi connectivity index (χ0v) is 7.66. The molecule has 2 heteroatoms. The van der Waals surface area contributed by atoms with Crippen LogP contribution in [-0.2, 0) is 0 Å². The summed E-state index contributed by atoms with van der Waals surface area (Å²) in [5.74, 6) is 0.000556. The van der Waals surface area contributed by atoms with Crippen molar-refractivity contribution in [2.75, 3.05) is 0 Å². The van der Waals surface area contributed by atoms with Crippen molar-refractivity contribution in [3.05, 3.63) is 35.5 Å². The normalized spacial score (nSPS) is 10.6. The van der Waals surface area contributed by atoms with E-state index in [0.717, 1.165) is 16.5 Å². The van der Waals surface area contributed by atoms with Crippen LogP contribution in [0.5, 0.6) is 5.75 Å². The topological polar surface area (TPSA) is 36.0 Å². The molecular weight excluding hydrogens is 162 g/mol. The van der Waals surface area contributed by atoms with Crippen molar-refractivity contribution in [2.24, 2.45) is 0 Å². The summed E-state index contributed by atoms with van der Waals surface area (Å²) >= 11 is 0. The van der Waals surface area contributed by atoms with Crippen LogP contribution in [0.2, 0.25) is 0 Å². The molecule has 0 bridgehead atoms. The van der Waals surface area contributed by atoms with Crippen molar-refractivity contribution in [1.82, 2.24) is 4.98 Å². The van der Waals surface area contributed by atoms with Gasteiger partial charge in [-0.2, -0.15) is 0 Å². The van der Waals surface area contributed by atoms with Gasteiger partial charge in [0, 0.05) is 11.6 Å². The number of pyridine rings is 1. The summed E-state index contributed by atoms with van der Waals surface area (Å²) in [6.45, 7) is 4.01. The summed E-state index contributed by atoms with van der Waals surface area (Å²) in [4.78, 5) is 4.13. The maximum Gasteiger partial charge on any atom is 0.0626 e. The number of para-hydroxylation sites is 1. The summed E-state index contributed by atoms with van der Waals surface area (Å²) in [5, 5.41) is 12.3. The maximum absolute atomic E-state index is 11.4. The lowest BCUT2D eigenvalue weighted by Crippen LogP contribution is -1.94. The van der Waals surface area contributed by atoms with Gasteiger partial charge in [0.15, 0.2) is 0 Å². The van der Waals surface area contributed by atoms with Crippen LogP contribution in [-0.4, -0.2) is 4.98 Å². The maximum atomic E-state index is 11.4. The van der Waals surface area contributed by atoms with Crippen molar-refractivity contribution < 1.29 is 5.11 Å². The fourth-order valence-electron chi connectivity index (χ4n) is 1.43. The van der Waals surface area contributed by atoms with E-state index in [9.17, 15) is 5.11 Å². The second kappa shape index (κ2) is 2.73. The molecule has 2 aromatic rings. The average molecular weight is 172 g/mol. The van der Waals surface area contributed by atoms with Gasteiger partial charge in [-0.15, -0.1) is 0 Å². The molecule has 0 unspecified atom stereocenters. The molecule has 0 aliphatic carbocycles. The van der Waals surface area contributed by atoms with E-state index in [1.807, 2.05) is 19.9 Å². The Bertz CT molecular complexity index is 463. The minimum absolute atomic E-state index is 0.000556. The highest BCUT2D eigenvalue weighted by Gasteiger charge is 2.00. The van der Waals surface area contributed by atoms with Crippen LogP contribution in [0.25, 0.3) is 10.9 Å². The van der Waals surface area contributed by atoms with E-state index in [2.05, 4.69) is 4.98 Å². The number of hydrogen-bond acceptors (Lipinski definition) is 2. The molecule has 1 heterocycles. The van der Waals surface area contributed by atoms with Crippen LogP contribution in [0.15, 0.2) is 24.4 Å². The first-order chi connectivity index (χ1) is 6.20. The molecule has 13 heavy (non-hydrogen) atoms. The number of fused-ring (bicyclic) bond motifs is 1. The lowest BCUT2D eigenvalue weighted by molar-refractivity contribution is -0.266. The predicted octanol–water partition coefficient (Wildman–Crippen LogP) is 1.93. The Labute approximate surface area is 76.9 Å². The lowest BCUT2D eigenvalue weighted by Gasteiger charge is -2.11. The van der Waals surface area contributed by atoms with Crippen LogP contribution >= 0.6 is 0 Å². The smallest absolute Gasteiger partial charge is 0.0626 e. The largest absolute Gasteiger partial charge is 0.871 e. The number of aromatic nitrogens is 1. The van der Waals surface area contributed by atoms with Gasteiger partial charge in [-0.3, -0.25) is 4.98 Å². The second-order valence-electron chi connectivity index (χ2n) is 3.22. The van der Waals surface area contributed by atoms with Gasteiger partial charge < -0.3 is 5.11 Å². The Morgan fingerprint density at radius 2 is 2.00 bits per heavy atom. The van der Waals surface area contributed by atoms with Crippen LogP contribution in [0.1, 0.15) is 11.1 Å². The monoisotopic (exact) mass is 172 g/mol. The van der Waals surface area contributed by atoms with Gasteiger partial charge in [0.05, 0.1) is 5.52 Å². The summed E-state index contributed by atoms with van der Waals surface area (Å²) in [5.41, 5.74) is 2.84. The highest BCUT2D eigenvalue weighted by atomic mass is 16.3. The standard InChI is InChI=1S/C11H11NO/c1-7-6-12-11-9(8(7)2)4-3-5-10(11)13/h3-6,13H,1-2H3/p-1. The Balaban J connectivity index is 2.94. The number of nitrogens with zero attached hydrogens (tertiary/aromatic N) is 1. The van der Waals surface area contributed by atoms with E-state index >= 15 is 0 Å². The molecule has 66 valence electrons. The molecule has 1 aromatic heterocycles. The van der Waals surface area contributed by atoms with E-state index in [4.69, 9.17) is 0 Å². The van der Waals surface area contributed by atoms with Crippen LogP contribution in [0.3, 0.4) is 0 Å². The third-order valence-corrected chi connectivity index (χ3v) is 2.38. The van der Waals surface area contributed by atoms with Crippen molar-refractivity contribution in [2.45, 2.75) is 13.8 Å². The van der Waals surface area contributed by atoms with Crippen molar-refractivity contribution in [3.8, 4) is 5.75 Å². The quantitative estimate of drug-likeness (QED) is 0.608. The molecule has 1 aromatic carbocycles. The van der Waals surface area contributed by atoms with Crippen LogP contribution in [0, 0.1) is 13.8 Å².